The quantitative estimate of drug-likeness (QED) is 0.484. The lowest BCUT2D eigenvalue weighted by Gasteiger charge is -2.08. The molecule has 0 fully saturated rings. The Morgan fingerprint density at radius 2 is 1.96 bits per heavy atom. The third kappa shape index (κ3) is 4.87. The van der Waals surface area contributed by atoms with Gasteiger partial charge < -0.3 is 10.5 Å². The molecule has 0 bridgehead atoms. The molecule has 1 aromatic heterocycles. The van der Waals surface area contributed by atoms with Crippen molar-refractivity contribution in [1.29, 1.82) is 0 Å². The number of para-hydroxylation sites is 1. The van der Waals surface area contributed by atoms with Crippen LogP contribution in [0.1, 0.15) is 11.1 Å². The number of hydrogen-bond acceptors (Lipinski definition) is 7. The molecule has 0 unspecified atom stereocenters. The van der Waals surface area contributed by atoms with E-state index in [-0.39, 0.29) is 12.5 Å². The maximum atomic E-state index is 11.8. The van der Waals surface area contributed by atoms with Crippen LogP contribution in [0.2, 0.25) is 0 Å². The summed E-state index contributed by atoms with van der Waals surface area (Å²) < 4.78 is 5.83. The number of carbonyl (C=O) groups is 1. The Balaban J connectivity index is 1.57. The van der Waals surface area contributed by atoms with Crippen LogP contribution < -0.4 is 15.9 Å². The zero-order valence-corrected chi connectivity index (χ0v) is 13.8. The van der Waals surface area contributed by atoms with E-state index in [1.165, 1.54) is 6.21 Å². The molecule has 0 aliphatic carbocycles. The molecule has 1 heterocycles. The van der Waals surface area contributed by atoms with E-state index in [0.29, 0.717) is 12.4 Å². The number of nitrogen functional groups attached to an aromatic ring is 1. The molecule has 26 heavy (non-hydrogen) atoms. The Kier molecular flexibility index (Phi) is 5.51. The fourth-order valence-corrected chi connectivity index (χ4v) is 2.11. The molecular formula is C17H17N7O2. The summed E-state index contributed by atoms with van der Waals surface area (Å²) in [5, 5.41) is 14.7. The largest absolute Gasteiger partial charge is 0.488 e. The van der Waals surface area contributed by atoms with Gasteiger partial charge in [0.2, 0.25) is 0 Å². The van der Waals surface area contributed by atoms with E-state index in [0.717, 1.165) is 15.9 Å². The van der Waals surface area contributed by atoms with Crippen LogP contribution in [-0.4, -0.2) is 32.3 Å². The van der Waals surface area contributed by atoms with Crippen LogP contribution in [0.3, 0.4) is 0 Å². The molecule has 3 N–H and O–H groups in total. The Labute approximate surface area is 149 Å². The number of nitrogens with one attached hydrogen (secondary N) is 1. The summed E-state index contributed by atoms with van der Waals surface area (Å²) in [7, 11) is 0. The predicted octanol–water partition coefficient (Wildman–Crippen LogP) is 0.985. The van der Waals surface area contributed by atoms with Gasteiger partial charge in [0, 0.05) is 5.56 Å². The molecule has 0 atom stereocenters. The first-order valence-corrected chi connectivity index (χ1v) is 7.81. The molecule has 0 aliphatic heterocycles. The van der Waals surface area contributed by atoms with E-state index in [9.17, 15) is 4.79 Å². The first-order valence-electron chi connectivity index (χ1n) is 7.81. The van der Waals surface area contributed by atoms with Crippen molar-refractivity contribution in [3.8, 4) is 5.75 Å². The smallest absolute Gasteiger partial charge is 0.263 e. The SMILES string of the molecule is Nc1nnn(CC(=O)N/N=C/c2ccccc2OCc2ccccc2)n1. The van der Waals surface area contributed by atoms with Gasteiger partial charge in [-0.3, -0.25) is 4.79 Å². The van der Waals surface area contributed by atoms with Crippen LogP contribution in [0.15, 0.2) is 59.7 Å². The fourth-order valence-electron chi connectivity index (χ4n) is 2.11. The number of hydrazone groups is 1. The number of anilines is 1. The monoisotopic (exact) mass is 351 g/mol. The van der Waals surface area contributed by atoms with Crippen molar-refractivity contribution in [3.05, 3.63) is 65.7 Å². The Bertz CT molecular complexity index is 893. The Morgan fingerprint density at radius 3 is 2.73 bits per heavy atom. The second-order valence-electron chi connectivity index (χ2n) is 5.28. The van der Waals surface area contributed by atoms with Gasteiger partial charge in [-0.15, -0.1) is 5.10 Å². The number of tetrazole rings is 1. The topological polar surface area (TPSA) is 120 Å². The average Bonchev–Trinajstić information content (AvgIpc) is 3.06. The van der Waals surface area contributed by atoms with Crippen LogP contribution in [0.5, 0.6) is 5.75 Å². The van der Waals surface area contributed by atoms with Crippen LogP contribution >= 0.6 is 0 Å². The molecule has 3 rings (SSSR count). The summed E-state index contributed by atoms with van der Waals surface area (Å²) in [5.74, 6) is 0.271. The summed E-state index contributed by atoms with van der Waals surface area (Å²) in [4.78, 5) is 12.9. The van der Waals surface area contributed by atoms with Crippen molar-refractivity contribution in [2.24, 2.45) is 5.10 Å². The molecule has 132 valence electrons. The standard InChI is InChI=1S/C17H17N7O2/c18-17-21-23-24(22-17)11-16(25)20-19-10-14-8-4-5-9-15(14)26-12-13-6-2-1-3-7-13/h1-10H,11-12H2,(H2,18,22)(H,20,25)/b19-10+. The molecule has 0 spiro atoms. The highest BCUT2D eigenvalue weighted by Crippen LogP contribution is 2.17. The maximum absolute atomic E-state index is 11.8. The summed E-state index contributed by atoms with van der Waals surface area (Å²) in [5.41, 5.74) is 9.54. The highest BCUT2D eigenvalue weighted by molar-refractivity contribution is 5.85. The first-order chi connectivity index (χ1) is 12.7. The molecule has 0 saturated heterocycles. The van der Waals surface area contributed by atoms with Gasteiger partial charge in [-0.2, -0.15) is 9.90 Å². The van der Waals surface area contributed by atoms with Crippen LogP contribution in [0.25, 0.3) is 0 Å². The summed E-state index contributed by atoms with van der Waals surface area (Å²) >= 11 is 0. The third-order valence-corrected chi connectivity index (χ3v) is 3.30. The van der Waals surface area contributed by atoms with E-state index in [1.54, 1.807) is 0 Å². The van der Waals surface area contributed by atoms with Crippen LogP contribution in [0, 0.1) is 0 Å². The molecule has 1 amide bonds. The second kappa shape index (κ2) is 8.38. The van der Waals surface area contributed by atoms with Crippen molar-refractivity contribution in [1.82, 2.24) is 25.6 Å². The molecule has 0 radical (unpaired) electrons. The van der Waals surface area contributed by atoms with Crippen molar-refractivity contribution >= 4 is 18.1 Å². The van der Waals surface area contributed by atoms with E-state index in [4.69, 9.17) is 10.5 Å². The van der Waals surface area contributed by atoms with Gasteiger partial charge in [0.25, 0.3) is 11.9 Å². The zero-order chi connectivity index (χ0) is 18.2. The van der Waals surface area contributed by atoms with Crippen molar-refractivity contribution in [2.45, 2.75) is 13.2 Å². The van der Waals surface area contributed by atoms with Gasteiger partial charge in [-0.1, -0.05) is 47.6 Å². The predicted molar refractivity (Wildman–Crippen MR) is 95.2 cm³/mol. The summed E-state index contributed by atoms with van der Waals surface area (Å²) in [6.07, 6.45) is 1.52. The molecule has 0 aliphatic rings. The average molecular weight is 351 g/mol. The lowest BCUT2D eigenvalue weighted by molar-refractivity contribution is -0.122. The minimum absolute atomic E-state index is 0.00536. The minimum Gasteiger partial charge on any atom is -0.488 e. The Hall–Kier alpha value is -3.75. The number of amides is 1. The highest BCUT2D eigenvalue weighted by Gasteiger charge is 2.05. The van der Waals surface area contributed by atoms with E-state index in [2.05, 4.69) is 25.9 Å². The fraction of sp³-hybridized carbons (Fsp3) is 0.118. The number of benzene rings is 2. The first kappa shape index (κ1) is 17.1. The van der Waals surface area contributed by atoms with Gasteiger partial charge >= 0.3 is 0 Å². The van der Waals surface area contributed by atoms with Gasteiger partial charge in [0.1, 0.15) is 18.9 Å². The zero-order valence-electron chi connectivity index (χ0n) is 13.8. The van der Waals surface area contributed by atoms with Crippen molar-refractivity contribution < 1.29 is 9.53 Å². The molecule has 3 aromatic rings. The van der Waals surface area contributed by atoms with Crippen molar-refractivity contribution in [2.75, 3.05) is 5.73 Å². The van der Waals surface area contributed by atoms with Crippen LogP contribution in [0.4, 0.5) is 5.95 Å². The summed E-state index contributed by atoms with van der Waals surface area (Å²) in [6.45, 7) is 0.311. The third-order valence-electron chi connectivity index (χ3n) is 3.30. The van der Waals surface area contributed by atoms with Gasteiger partial charge in [0.15, 0.2) is 0 Å². The second-order valence-corrected chi connectivity index (χ2v) is 5.28. The molecule has 0 saturated carbocycles. The Morgan fingerprint density at radius 1 is 1.19 bits per heavy atom. The van der Waals surface area contributed by atoms with E-state index < -0.39 is 5.91 Å². The van der Waals surface area contributed by atoms with Gasteiger partial charge in [0.05, 0.1) is 6.21 Å². The summed E-state index contributed by atoms with van der Waals surface area (Å²) in [6, 6.07) is 17.3. The van der Waals surface area contributed by atoms with Gasteiger partial charge in [-0.25, -0.2) is 5.43 Å². The normalized spacial score (nSPS) is 10.8. The maximum Gasteiger partial charge on any atom is 0.263 e. The highest BCUT2D eigenvalue weighted by atomic mass is 16.5. The molecule has 9 nitrogen and oxygen atoms in total. The lowest BCUT2D eigenvalue weighted by atomic mass is 10.2. The number of hydrogen-bond donors (Lipinski definition) is 2. The molecule has 2 aromatic carbocycles. The van der Waals surface area contributed by atoms with Crippen LogP contribution in [-0.2, 0) is 17.9 Å². The lowest BCUT2D eigenvalue weighted by Crippen LogP contribution is -2.24. The number of carbonyl (C=O) groups excluding carboxylic acids is 1. The number of nitrogens with zero attached hydrogens (tertiary/aromatic N) is 5. The van der Waals surface area contributed by atoms with Crippen molar-refractivity contribution in [3.63, 3.8) is 0 Å². The molecule has 9 heteroatoms. The number of aromatic nitrogens is 4. The van der Waals surface area contributed by atoms with Gasteiger partial charge in [-0.05, 0) is 22.9 Å². The molecular weight excluding hydrogens is 334 g/mol. The minimum atomic E-state index is -0.402. The number of rotatable bonds is 7. The van der Waals surface area contributed by atoms with E-state index >= 15 is 0 Å². The number of nitrogens with two attached hydrogens (primary N) is 1. The van der Waals surface area contributed by atoms with E-state index in [1.807, 2.05) is 54.6 Å². The number of ether oxygens (including phenoxy) is 1.